The third-order valence-corrected chi connectivity index (χ3v) is 7.83. The molecule has 1 unspecified atom stereocenters. The lowest BCUT2D eigenvalue weighted by molar-refractivity contribution is -0.00513. The minimum Gasteiger partial charge on any atom is -0.387 e. The Bertz CT molecular complexity index is 781. The molecule has 0 radical (unpaired) electrons. The summed E-state index contributed by atoms with van der Waals surface area (Å²) in [6, 6.07) is 7.22. The first kappa shape index (κ1) is 13.9. The smallest absolute Gasteiger partial charge is 0.0941 e. The minimum absolute atomic E-state index is 0.288. The van der Waals surface area contributed by atoms with Crippen molar-refractivity contribution in [3.8, 4) is 0 Å². The Morgan fingerprint density at radius 2 is 1.71 bits per heavy atom. The maximum absolute atomic E-state index is 10.3. The Labute approximate surface area is 143 Å². The molecule has 4 bridgehead atoms. The highest BCUT2D eigenvalue weighted by Gasteiger charge is 2.51. The molecule has 2 heteroatoms. The van der Waals surface area contributed by atoms with Gasteiger partial charge in [0.1, 0.15) is 0 Å². The van der Waals surface area contributed by atoms with Gasteiger partial charge in [0, 0.05) is 16.6 Å². The van der Waals surface area contributed by atoms with Crippen LogP contribution in [-0.2, 0) is 11.8 Å². The molecule has 2 nitrogen and oxygen atoms in total. The summed E-state index contributed by atoms with van der Waals surface area (Å²) in [6.07, 6.45) is 11.7. The number of aryl methyl sites for hydroxylation is 1. The van der Waals surface area contributed by atoms with Gasteiger partial charge in [-0.25, -0.2) is 0 Å². The first-order valence-corrected chi connectivity index (χ1v) is 10.0. The molecule has 4 fully saturated rings. The average molecular weight is 321 g/mol. The summed E-state index contributed by atoms with van der Waals surface area (Å²) in [5.41, 5.74) is 5.81. The van der Waals surface area contributed by atoms with E-state index in [1.807, 2.05) is 0 Å². The predicted octanol–water partition coefficient (Wildman–Crippen LogP) is 5.01. The van der Waals surface area contributed by atoms with Crippen molar-refractivity contribution in [3.63, 3.8) is 0 Å². The fourth-order valence-electron chi connectivity index (χ4n) is 7.23. The van der Waals surface area contributed by atoms with E-state index >= 15 is 0 Å². The summed E-state index contributed by atoms with van der Waals surface area (Å²) < 4.78 is 0. The Kier molecular flexibility index (Phi) is 2.71. The molecule has 5 aliphatic rings. The van der Waals surface area contributed by atoms with Gasteiger partial charge < -0.3 is 10.1 Å². The number of rotatable bonds is 1. The van der Waals surface area contributed by atoms with Crippen molar-refractivity contribution in [2.45, 2.75) is 69.3 Å². The number of nitrogens with one attached hydrogen (secondary N) is 1. The lowest BCUT2D eigenvalue weighted by Crippen LogP contribution is -2.48. The highest BCUT2D eigenvalue weighted by atomic mass is 16.3. The Hall–Kier alpha value is -1.28. The van der Waals surface area contributed by atoms with Crippen LogP contribution in [0.3, 0.4) is 0 Å². The lowest BCUT2D eigenvalue weighted by Gasteiger charge is -2.57. The van der Waals surface area contributed by atoms with Crippen LogP contribution in [0, 0.1) is 17.8 Å². The molecule has 1 heterocycles. The third kappa shape index (κ3) is 1.81. The summed E-state index contributed by atoms with van der Waals surface area (Å²) in [5.74, 6) is 2.98. The van der Waals surface area contributed by atoms with Crippen molar-refractivity contribution >= 4 is 10.9 Å². The number of aliphatic hydroxyl groups is 1. The summed E-state index contributed by atoms with van der Waals surface area (Å²) in [5, 5.41) is 11.7. The van der Waals surface area contributed by atoms with E-state index in [1.54, 1.807) is 5.56 Å². The van der Waals surface area contributed by atoms with E-state index in [2.05, 4.69) is 23.2 Å². The number of aromatic nitrogens is 1. The molecule has 2 aromatic rings. The number of aliphatic hydroxyl groups excluding tert-OH is 1. The molecule has 0 saturated heterocycles. The zero-order valence-electron chi connectivity index (χ0n) is 14.4. The molecule has 4 saturated carbocycles. The van der Waals surface area contributed by atoms with Gasteiger partial charge in [-0.2, -0.15) is 0 Å². The van der Waals surface area contributed by atoms with Crippen molar-refractivity contribution in [2.75, 3.05) is 0 Å². The van der Waals surface area contributed by atoms with E-state index in [4.69, 9.17) is 0 Å². The van der Waals surface area contributed by atoms with Crippen LogP contribution >= 0.6 is 0 Å². The maximum atomic E-state index is 10.3. The number of hydrogen-bond donors (Lipinski definition) is 2. The van der Waals surface area contributed by atoms with Gasteiger partial charge in [0.25, 0.3) is 0 Å². The van der Waals surface area contributed by atoms with Crippen LogP contribution in [0.4, 0.5) is 0 Å². The monoisotopic (exact) mass is 321 g/mol. The SMILES string of the molecule is OC1CCCc2c1[nH]c1ccc(C34CC5CC(CC(C5)C3)C4)cc21. The van der Waals surface area contributed by atoms with Gasteiger partial charge in [-0.15, -0.1) is 0 Å². The van der Waals surface area contributed by atoms with Gasteiger partial charge in [0.05, 0.1) is 6.10 Å². The second-order valence-corrected chi connectivity index (χ2v) is 9.38. The summed E-state index contributed by atoms with van der Waals surface area (Å²) in [7, 11) is 0. The highest BCUT2D eigenvalue weighted by molar-refractivity contribution is 5.86. The predicted molar refractivity (Wildman–Crippen MR) is 96.0 cm³/mol. The van der Waals surface area contributed by atoms with Crippen LogP contribution in [-0.4, -0.2) is 10.1 Å². The third-order valence-electron chi connectivity index (χ3n) is 7.83. The number of aromatic amines is 1. The van der Waals surface area contributed by atoms with Gasteiger partial charge >= 0.3 is 0 Å². The van der Waals surface area contributed by atoms with Gasteiger partial charge in [0.15, 0.2) is 0 Å². The van der Waals surface area contributed by atoms with Gasteiger partial charge in [-0.1, -0.05) is 6.07 Å². The molecule has 1 aromatic heterocycles. The molecule has 2 N–H and O–H groups in total. The van der Waals surface area contributed by atoms with E-state index in [9.17, 15) is 5.11 Å². The molecule has 0 amide bonds. The summed E-state index contributed by atoms with van der Waals surface area (Å²) in [4.78, 5) is 3.52. The fraction of sp³-hybridized carbons (Fsp3) is 0.636. The fourth-order valence-corrected chi connectivity index (χ4v) is 7.23. The summed E-state index contributed by atoms with van der Waals surface area (Å²) in [6.45, 7) is 0. The number of benzene rings is 1. The van der Waals surface area contributed by atoms with Gasteiger partial charge in [-0.05, 0) is 104 Å². The normalized spacial score (nSPS) is 40.2. The average Bonchev–Trinajstić information content (AvgIpc) is 2.93. The molecular weight excluding hydrogens is 294 g/mol. The van der Waals surface area contributed by atoms with Crippen molar-refractivity contribution < 1.29 is 5.11 Å². The second-order valence-electron chi connectivity index (χ2n) is 9.38. The van der Waals surface area contributed by atoms with Crippen LogP contribution in [0.5, 0.6) is 0 Å². The molecular formula is C22H27NO. The zero-order valence-corrected chi connectivity index (χ0v) is 14.4. The molecule has 0 aliphatic heterocycles. The van der Waals surface area contributed by atoms with E-state index < -0.39 is 0 Å². The number of H-pyrrole nitrogens is 1. The van der Waals surface area contributed by atoms with E-state index in [1.165, 1.54) is 55.0 Å². The van der Waals surface area contributed by atoms with Crippen molar-refractivity contribution in [2.24, 2.45) is 17.8 Å². The Morgan fingerprint density at radius 3 is 2.42 bits per heavy atom. The first-order valence-electron chi connectivity index (χ1n) is 10.0. The van der Waals surface area contributed by atoms with Crippen molar-refractivity contribution in [1.29, 1.82) is 0 Å². The lowest BCUT2D eigenvalue weighted by atomic mass is 9.48. The second kappa shape index (κ2) is 4.66. The minimum atomic E-state index is -0.288. The highest BCUT2D eigenvalue weighted by Crippen LogP contribution is 2.61. The van der Waals surface area contributed by atoms with Crippen LogP contribution in [0.15, 0.2) is 18.2 Å². The topological polar surface area (TPSA) is 36.0 Å². The molecule has 7 rings (SSSR count). The van der Waals surface area contributed by atoms with E-state index in [0.29, 0.717) is 5.41 Å². The molecule has 24 heavy (non-hydrogen) atoms. The number of fused-ring (bicyclic) bond motifs is 3. The van der Waals surface area contributed by atoms with Crippen LogP contribution in [0.1, 0.15) is 74.3 Å². The standard InChI is InChI=1S/C22H27NO/c24-20-3-1-2-17-18-9-16(4-5-19(18)23-21(17)20)22-10-13-6-14(11-22)8-15(7-13)12-22/h4-5,9,13-15,20,23-24H,1-3,6-8,10-12H2. The van der Waals surface area contributed by atoms with E-state index in [0.717, 1.165) is 42.7 Å². The molecule has 0 spiro atoms. The Balaban J connectivity index is 1.49. The molecule has 1 atom stereocenters. The molecule has 1 aromatic carbocycles. The Morgan fingerprint density at radius 1 is 1.00 bits per heavy atom. The largest absolute Gasteiger partial charge is 0.387 e. The van der Waals surface area contributed by atoms with Gasteiger partial charge in [-0.3, -0.25) is 0 Å². The van der Waals surface area contributed by atoms with Crippen molar-refractivity contribution in [1.82, 2.24) is 4.98 Å². The van der Waals surface area contributed by atoms with Crippen LogP contribution < -0.4 is 0 Å². The number of hydrogen-bond acceptors (Lipinski definition) is 1. The van der Waals surface area contributed by atoms with Crippen molar-refractivity contribution in [3.05, 3.63) is 35.0 Å². The quantitative estimate of drug-likeness (QED) is 0.761. The van der Waals surface area contributed by atoms with E-state index in [-0.39, 0.29) is 6.10 Å². The zero-order chi connectivity index (χ0) is 15.9. The van der Waals surface area contributed by atoms with Crippen LogP contribution in [0.25, 0.3) is 10.9 Å². The molecule has 5 aliphatic carbocycles. The maximum Gasteiger partial charge on any atom is 0.0941 e. The molecule has 126 valence electrons. The first-order chi connectivity index (χ1) is 11.7. The van der Waals surface area contributed by atoms with Gasteiger partial charge in [0.2, 0.25) is 0 Å². The summed E-state index contributed by atoms with van der Waals surface area (Å²) >= 11 is 0. The van der Waals surface area contributed by atoms with Crippen LogP contribution in [0.2, 0.25) is 0 Å².